The highest BCUT2D eigenvalue weighted by Crippen LogP contribution is 2.11. The van der Waals surface area contributed by atoms with E-state index in [1.807, 2.05) is 49.3 Å². The molecule has 0 aromatic heterocycles. The van der Waals surface area contributed by atoms with E-state index < -0.39 is 10.0 Å². The second-order valence-corrected chi connectivity index (χ2v) is 6.78. The van der Waals surface area contributed by atoms with Crippen molar-refractivity contribution in [3.8, 4) is 0 Å². The number of benzene rings is 2. The first-order valence-electron chi connectivity index (χ1n) is 6.80. The van der Waals surface area contributed by atoms with Gasteiger partial charge in [-0.3, -0.25) is 0 Å². The van der Waals surface area contributed by atoms with Gasteiger partial charge in [-0.2, -0.15) is 5.10 Å². The molecule has 2 rings (SSSR count). The monoisotopic (exact) mass is 317 g/mol. The number of hydrogen-bond donors (Lipinski definition) is 1. The molecule has 0 heterocycles. The zero-order valence-corrected chi connectivity index (χ0v) is 13.4. The Kier molecular flexibility index (Phi) is 5.16. The molecule has 0 radical (unpaired) electrons. The van der Waals surface area contributed by atoms with E-state index in [9.17, 15) is 8.42 Å². The van der Waals surface area contributed by atoms with E-state index in [1.165, 1.54) is 6.21 Å². The summed E-state index contributed by atoms with van der Waals surface area (Å²) in [5.41, 5.74) is 2.62. The summed E-state index contributed by atoms with van der Waals surface area (Å²) in [6, 6.07) is 16.6. The predicted octanol–water partition coefficient (Wildman–Crippen LogP) is 2.21. The van der Waals surface area contributed by atoms with Gasteiger partial charge in [-0.15, -0.1) is 0 Å². The molecule has 2 aromatic carbocycles. The summed E-state index contributed by atoms with van der Waals surface area (Å²) in [4.78, 5) is 4.21. The van der Waals surface area contributed by atoms with Crippen molar-refractivity contribution in [3.05, 3.63) is 65.7 Å². The molecule has 2 aromatic rings. The van der Waals surface area contributed by atoms with Crippen LogP contribution in [0.3, 0.4) is 0 Å². The lowest BCUT2D eigenvalue weighted by Gasteiger charge is -2.11. The van der Waals surface area contributed by atoms with Crippen LogP contribution in [0.5, 0.6) is 0 Å². The summed E-state index contributed by atoms with van der Waals surface area (Å²) in [5.74, 6) is -0.0925. The van der Waals surface area contributed by atoms with Gasteiger partial charge >= 0.3 is 0 Å². The van der Waals surface area contributed by atoms with Gasteiger partial charge in [-0.1, -0.05) is 42.5 Å². The molecular formula is C16H19N3O2S. The molecule has 0 amide bonds. The van der Waals surface area contributed by atoms with Gasteiger partial charge in [-0.05, 0) is 23.3 Å². The number of nitrogens with one attached hydrogen (secondary N) is 1. The second-order valence-electron chi connectivity index (χ2n) is 5.08. The molecule has 0 unspecified atom stereocenters. The number of hydrogen-bond acceptors (Lipinski definition) is 4. The second kappa shape index (κ2) is 7.09. The molecule has 0 fully saturated rings. The first-order chi connectivity index (χ1) is 10.5. The van der Waals surface area contributed by atoms with Gasteiger partial charge in [0.1, 0.15) is 0 Å². The van der Waals surface area contributed by atoms with E-state index in [2.05, 4.69) is 9.93 Å². The average Bonchev–Trinajstić information content (AvgIpc) is 2.48. The summed E-state index contributed by atoms with van der Waals surface area (Å²) >= 11 is 0. The molecule has 1 N–H and O–H groups in total. The van der Waals surface area contributed by atoms with Gasteiger partial charge in [0.05, 0.1) is 12.0 Å². The highest BCUT2D eigenvalue weighted by atomic mass is 32.2. The van der Waals surface area contributed by atoms with Crippen LogP contribution in [-0.4, -0.2) is 28.7 Å². The molecule has 5 nitrogen and oxygen atoms in total. The number of nitrogens with zero attached hydrogens (tertiary/aromatic N) is 2. The molecule has 0 spiro atoms. The molecule has 0 saturated heterocycles. The lowest BCUT2D eigenvalue weighted by molar-refractivity contribution is 0.584. The summed E-state index contributed by atoms with van der Waals surface area (Å²) < 4.78 is 23.8. The molecule has 22 heavy (non-hydrogen) atoms. The van der Waals surface area contributed by atoms with Crippen molar-refractivity contribution in [3.63, 3.8) is 0 Å². The van der Waals surface area contributed by atoms with Gasteiger partial charge in [0.25, 0.3) is 10.0 Å². The van der Waals surface area contributed by atoms with Crippen LogP contribution in [-0.2, 0) is 15.8 Å². The Morgan fingerprint density at radius 2 is 1.68 bits per heavy atom. The first kappa shape index (κ1) is 16.0. The van der Waals surface area contributed by atoms with Crippen LogP contribution in [0.2, 0.25) is 0 Å². The molecule has 0 saturated carbocycles. The number of rotatable bonds is 6. The Balaban J connectivity index is 1.96. The van der Waals surface area contributed by atoms with E-state index in [0.29, 0.717) is 0 Å². The SMILES string of the molecule is CN(C)c1ccc(/C=N/NS(=O)(=O)Cc2ccccc2)cc1. The van der Waals surface area contributed by atoms with Crippen molar-refractivity contribution in [2.24, 2.45) is 5.10 Å². The van der Waals surface area contributed by atoms with Crippen LogP contribution in [0.25, 0.3) is 0 Å². The lowest BCUT2D eigenvalue weighted by atomic mass is 10.2. The lowest BCUT2D eigenvalue weighted by Crippen LogP contribution is -2.20. The van der Waals surface area contributed by atoms with Gasteiger partial charge in [0.15, 0.2) is 0 Å². The van der Waals surface area contributed by atoms with Crippen molar-refractivity contribution >= 4 is 21.9 Å². The molecule has 0 aliphatic rings. The maximum atomic E-state index is 11.9. The summed E-state index contributed by atoms with van der Waals surface area (Å²) in [5, 5.41) is 3.81. The van der Waals surface area contributed by atoms with Crippen LogP contribution < -0.4 is 9.73 Å². The third kappa shape index (κ3) is 4.89. The number of anilines is 1. The maximum Gasteiger partial charge on any atom is 0.251 e. The molecule has 6 heteroatoms. The van der Waals surface area contributed by atoms with Gasteiger partial charge in [-0.25, -0.2) is 13.2 Å². The van der Waals surface area contributed by atoms with E-state index in [1.54, 1.807) is 24.3 Å². The maximum absolute atomic E-state index is 11.9. The quantitative estimate of drug-likeness (QED) is 0.656. The average molecular weight is 317 g/mol. The number of sulfonamides is 1. The Morgan fingerprint density at radius 1 is 1.05 bits per heavy atom. The van der Waals surface area contributed by atoms with Crippen LogP contribution in [0, 0.1) is 0 Å². The number of hydrazone groups is 1. The van der Waals surface area contributed by atoms with Crippen molar-refractivity contribution in [2.75, 3.05) is 19.0 Å². The van der Waals surface area contributed by atoms with Crippen molar-refractivity contribution in [1.29, 1.82) is 0 Å². The van der Waals surface area contributed by atoms with E-state index >= 15 is 0 Å². The minimum absolute atomic E-state index is 0.0925. The summed E-state index contributed by atoms with van der Waals surface area (Å²) in [6.45, 7) is 0. The van der Waals surface area contributed by atoms with Gasteiger partial charge in [0, 0.05) is 19.8 Å². The fourth-order valence-corrected chi connectivity index (χ4v) is 2.77. The van der Waals surface area contributed by atoms with Crippen molar-refractivity contribution in [1.82, 2.24) is 4.83 Å². The first-order valence-corrected chi connectivity index (χ1v) is 8.45. The highest BCUT2D eigenvalue weighted by molar-refractivity contribution is 7.88. The highest BCUT2D eigenvalue weighted by Gasteiger charge is 2.09. The van der Waals surface area contributed by atoms with Crippen molar-refractivity contribution < 1.29 is 8.42 Å². The van der Waals surface area contributed by atoms with Crippen LogP contribution in [0.15, 0.2) is 59.7 Å². The molecular weight excluding hydrogens is 298 g/mol. The Hall–Kier alpha value is -2.34. The third-order valence-electron chi connectivity index (χ3n) is 3.01. The fraction of sp³-hybridized carbons (Fsp3) is 0.188. The zero-order valence-electron chi connectivity index (χ0n) is 12.6. The van der Waals surface area contributed by atoms with E-state index in [0.717, 1.165) is 16.8 Å². The largest absolute Gasteiger partial charge is 0.378 e. The predicted molar refractivity (Wildman–Crippen MR) is 90.6 cm³/mol. The standard InChI is InChI=1S/C16H19N3O2S/c1-19(2)16-10-8-14(9-11-16)12-17-18-22(20,21)13-15-6-4-3-5-7-15/h3-12,18H,13H2,1-2H3/b17-12+. The Labute approximate surface area is 131 Å². The molecule has 0 bridgehead atoms. The van der Waals surface area contributed by atoms with Crippen LogP contribution in [0.4, 0.5) is 5.69 Å². The molecule has 0 atom stereocenters. The smallest absolute Gasteiger partial charge is 0.251 e. The van der Waals surface area contributed by atoms with Crippen LogP contribution >= 0.6 is 0 Å². The van der Waals surface area contributed by atoms with Crippen molar-refractivity contribution in [2.45, 2.75) is 5.75 Å². The summed E-state index contributed by atoms with van der Waals surface area (Å²) in [7, 11) is 0.436. The topological polar surface area (TPSA) is 61.8 Å². The minimum atomic E-state index is -3.48. The van der Waals surface area contributed by atoms with E-state index in [4.69, 9.17) is 0 Å². The third-order valence-corrected chi connectivity index (χ3v) is 4.11. The Morgan fingerprint density at radius 3 is 2.27 bits per heavy atom. The van der Waals surface area contributed by atoms with E-state index in [-0.39, 0.29) is 5.75 Å². The minimum Gasteiger partial charge on any atom is -0.378 e. The normalized spacial score (nSPS) is 11.5. The summed E-state index contributed by atoms with van der Waals surface area (Å²) in [6.07, 6.45) is 1.49. The molecule has 0 aliphatic carbocycles. The Bertz CT molecular complexity index is 724. The zero-order chi connectivity index (χ0) is 16.0. The fourth-order valence-electron chi connectivity index (χ4n) is 1.87. The molecule has 116 valence electrons. The van der Waals surface area contributed by atoms with Gasteiger partial charge < -0.3 is 4.90 Å². The van der Waals surface area contributed by atoms with Gasteiger partial charge in [0.2, 0.25) is 0 Å². The van der Waals surface area contributed by atoms with Crippen LogP contribution in [0.1, 0.15) is 11.1 Å². The molecule has 0 aliphatic heterocycles.